The average Bonchev–Trinajstić information content (AvgIpc) is 2.62. The molecule has 2 aliphatic heterocycles. The Morgan fingerprint density at radius 3 is 1.05 bits per heavy atom. The van der Waals surface area contributed by atoms with E-state index in [1.807, 2.05) is 40.4 Å². The number of rotatable bonds is 0. The minimum Gasteiger partial charge on any atom is -0.405 e. The molecule has 0 bridgehead atoms. The third-order valence-corrected chi connectivity index (χ3v) is 4.51. The van der Waals surface area contributed by atoms with Gasteiger partial charge in [0.05, 0.1) is 22.4 Å². The maximum atomic E-state index is 5.54. The van der Waals surface area contributed by atoms with E-state index in [1.165, 1.54) is 7.69 Å². The molecule has 0 N–H and O–H groups in total. The van der Waals surface area contributed by atoms with Crippen molar-refractivity contribution in [2.75, 3.05) is 5.83 Å². The number of alkyl halides is 1. The molecular weight excluding hydrogens is 346 g/mol. The van der Waals surface area contributed by atoms with E-state index >= 15 is 0 Å². The van der Waals surface area contributed by atoms with E-state index in [9.17, 15) is 0 Å². The molecule has 0 atom stereocenters. The fourth-order valence-corrected chi connectivity index (χ4v) is 1.69. The van der Waals surface area contributed by atoms with Gasteiger partial charge in [0, 0.05) is 0 Å². The van der Waals surface area contributed by atoms with E-state index in [4.69, 9.17) is 18.6 Å². The molecule has 0 saturated carbocycles. The van der Waals surface area contributed by atoms with Crippen LogP contribution in [0.3, 0.4) is 0 Å². The third-order valence-electron chi connectivity index (χ3n) is 4.51. The van der Waals surface area contributed by atoms with Gasteiger partial charge in [-0.3, -0.25) is 0 Å². The van der Waals surface area contributed by atoms with Crippen molar-refractivity contribution in [2.24, 2.45) is 0 Å². The highest BCUT2D eigenvalue weighted by Crippen LogP contribution is 2.36. The molecule has 0 aromatic rings. The van der Waals surface area contributed by atoms with Crippen LogP contribution in [0.15, 0.2) is 0 Å². The van der Waals surface area contributed by atoms with Gasteiger partial charge in [-0.05, 0) is 68.0 Å². The summed E-state index contributed by atoms with van der Waals surface area (Å²) in [6.45, 7) is 18.2. The first-order valence-corrected chi connectivity index (χ1v) is 8.80. The van der Waals surface area contributed by atoms with Crippen molar-refractivity contribution >= 4 is 30.7 Å². The van der Waals surface area contributed by atoms with E-state index in [2.05, 4.69) is 43.6 Å². The SMILES string of the molecule is C.CB1OC(C)(C)C(C)(C)O1.CBr.CC1(C)O[B]OC1(C)C. The van der Waals surface area contributed by atoms with Gasteiger partial charge >= 0.3 is 14.8 Å². The molecule has 1 radical (unpaired) electrons. The Labute approximate surface area is 147 Å². The summed E-state index contributed by atoms with van der Waals surface area (Å²) < 4.78 is 21.5. The highest BCUT2D eigenvalue weighted by Gasteiger charge is 2.48. The summed E-state index contributed by atoms with van der Waals surface area (Å²) in [5, 5.41) is 0. The molecule has 2 saturated heterocycles. The van der Waals surface area contributed by atoms with Gasteiger partial charge in [-0.25, -0.2) is 0 Å². The second-order valence-electron chi connectivity index (χ2n) is 7.18. The highest BCUT2D eigenvalue weighted by molar-refractivity contribution is 9.08. The first-order chi connectivity index (χ1) is 9.31. The van der Waals surface area contributed by atoms with Crippen molar-refractivity contribution in [3.8, 4) is 0 Å². The molecule has 0 aromatic carbocycles. The first-order valence-electron chi connectivity index (χ1n) is 7.21. The maximum Gasteiger partial charge on any atom is 0.488 e. The predicted molar refractivity (Wildman–Crippen MR) is 99.6 cm³/mol. The largest absolute Gasteiger partial charge is 0.488 e. The molecule has 0 aromatic heterocycles. The lowest BCUT2D eigenvalue weighted by molar-refractivity contribution is 0.00578. The van der Waals surface area contributed by atoms with E-state index < -0.39 is 0 Å². The van der Waals surface area contributed by atoms with Gasteiger partial charge in [0.2, 0.25) is 0 Å². The molecule has 131 valence electrons. The Morgan fingerprint density at radius 1 is 0.682 bits per heavy atom. The molecule has 0 spiro atoms. The molecular formula is C15H34B2BrO4. The van der Waals surface area contributed by atoms with Gasteiger partial charge in [0.15, 0.2) is 0 Å². The summed E-state index contributed by atoms with van der Waals surface area (Å²) in [5.74, 6) is 1.81. The lowest BCUT2D eigenvalue weighted by Crippen LogP contribution is -2.41. The molecule has 0 unspecified atom stereocenters. The van der Waals surface area contributed by atoms with Crippen LogP contribution >= 0.6 is 15.9 Å². The topological polar surface area (TPSA) is 36.9 Å². The molecule has 2 heterocycles. The third kappa shape index (κ3) is 5.82. The van der Waals surface area contributed by atoms with Crippen LogP contribution in [0, 0.1) is 0 Å². The molecule has 0 aliphatic carbocycles. The van der Waals surface area contributed by atoms with Crippen LogP contribution in [0.25, 0.3) is 0 Å². The zero-order chi connectivity index (χ0) is 17.1. The summed E-state index contributed by atoms with van der Waals surface area (Å²) in [7, 11) is 1.35. The van der Waals surface area contributed by atoms with Crippen LogP contribution < -0.4 is 0 Å². The Bertz CT molecular complexity index is 304. The minimum absolute atomic E-state index is 0. The smallest absolute Gasteiger partial charge is 0.405 e. The van der Waals surface area contributed by atoms with E-state index in [-0.39, 0.29) is 36.9 Å². The first kappa shape index (κ1) is 24.7. The van der Waals surface area contributed by atoms with Crippen molar-refractivity contribution in [1.82, 2.24) is 0 Å². The Morgan fingerprint density at radius 2 is 0.955 bits per heavy atom. The van der Waals surface area contributed by atoms with Crippen molar-refractivity contribution in [2.45, 2.75) is 92.0 Å². The molecule has 7 heteroatoms. The highest BCUT2D eigenvalue weighted by atomic mass is 79.9. The Hall–Kier alpha value is 0.450. The van der Waals surface area contributed by atoms with Crippen LogP contribution in [0.2, 0.25) is 6.82 Å². The lowest BCUT2D eigenvalue weighted by atomic mass is 9.90. The summed E-state index contributed by atoms with van der Waals surface area (Å²) in [6, 6.07) is 0. The molecule has 2 rings (SSSR count). The summed E-state index contributed by atoms with van der Waals surface area (Å²) in [6.07, 6.45) is 0. The van der Waals surface area contributed by atoms with Crippen LogP contribution in [0.4, 0.5) is 0 Å². The fraction of sp³-hybridized carbons (Fsp3) is 1.00. The number of halogens is 1. The van der Waals surface area contributed by atoms with Crippen LogP contribution in [0.5, 0.6) is 0 Å². The predicted octanol–water partition coefficient (Wildman–Crippen LogP) is 4.48. The molecule has 4 nitrogen and oxygen atoms in total. The normalized spacial score (nSPS) is 25.7. The molecule has 2 fully saturated rings. The van der Waals surface area contributed by atoms with Gasteiger partial charge in [-0.1, -0.05) is 23.4 Å². The maximum absolute atomic E-state index is 5.54. The van der Waals surface area contributed by atoms with E-state index in [0.717, 1.165) is 0 Å². The zero-order valence-corrected chi connectivity index (χ0v) is 16.8. The zero-order valence-electron chi connectivity index (χ0n) is 15.2. The van der Waals surface area contributed by atoms with Gasteiger partial charge in [-0.15, -0.1) is 0 Å². The molecule has 2 aliphatic rings. The van der Waals surface area contributed by atoms with Crippen molar-refractivity contribution in [3.63, 3.8) is 0 Å². The van der Waals surface area contributed by atoms with Crippen LogP contribution in [-0.4, -0.2) is 43.0 Å². The number of hydrogen-bond acceptors (Lipinski definition) is 4. The van der Waals surface area contributed by atoms with Gasteiger partial charge in [0.1, 0.15) is 0 Å². The molecule has 22 heavy (non-hydrogen) atoms. The Balaban J connectivity index is 0. The molecule has 0 amide bonds. The Kier molecular flexibility index (Phi) is 9.56. The second kappa shape index (κ2) is 8.52. The van der Waals surface area contributed by atoms with E-state index in [0.29, 0.717) is 0 Å². The number of hydrogen-bond donors (Lipinski definition) is 0. The fourth-order valence-electron chi connectivity index (χ4n) is 1.69. The lowest BCUT2D eigenvalue weighted by Gasteiger charge is -2.32. The van der Waals surface area contributed by atoms with Crippen molar-refractivity contribution in [1.29, 1.82) is 0 Å². The second-order valence-corrected chi connectivity index (χ2v) is 7.18. The summed E-state index contributed by atoms with van der Waals surface area (Å²) >= 11 is 2.94. The van der Waals surface area contributed by atoms with Crippen LogP contribution in [-0.2, 0) is 18.6 Å². The van der Waals surface area contributed by atoms with Gasteiger partial charge in [0.25, 0.3) is 0 Å². The standard InChI is InChI=1S/C7H15BO2.C6H12BO2.CH3Br.CH4/c1-6(2)7(3,4)10-8(5)9-6;1-5(2)6(3,4)9-7-8-5;1-2;/h1-5H3;1-4H3;1H3;1H4. The average molecular weight is 380 g/mol. The quantitative estimate of drug-likeness (QED) is 0.459. The van der Waals surface area contributed by atoms with Gasteiger partial charge < -0.3 is 18.6 Å². The summed E-state index contributed by atoms with van der Waals surface area (Å²) in [5.41, 5.74) is -0.696. The van der Waals surface area contributed by atoms with Crippen LogP contribution in [0.1, 0.15) is 62.8 Å². The van der Waals surface area contributed by atoms with E-state index in [1.54, 1.807) is 0 Å². The summed E-state index contributed by atoms with van der Waals surface area (Å²) in [4.78, 5) is 0. The van der Waals surface area contributed by atoms with Crippen molar-refractivity contribution < 1.29 is 18.6 Å². The minimum atomic E-state index is -0.188. The van der Waals surface area contributed by atoms with Gasteiger partial charge in [-0.2, -0.15) is 0 Å². The van der Waals surface area contributed by atoms with Crippen molar-refractivity contribution in [3.05, 3.63) is 0 Å². The monoisotopic (exact) mass is 379 g/mol.